The lowest BCUT2D eigenvalue weighted by molar-refractivity contribution is -0.157. The molecule has 0 bridgehead atoms. The van der Waals surface area contributed by atoms with Crippen molar-refractivity contribution in [2.75, 3.05) is 13.1 Å². The number of ether oxygens (including phenoxy) is 1. The summed E-state index contributed by atoms with van der Waals surface area (Å²) in [4.78, 5) is 14.3. The highest BCUT2D eigenvalue weighted by Crippen LogP contribution is 2.35. The van der Waals surface area contributed by atoms with Crippen molar-refractivity contribution in [1.29, 1.82) is 0 Å². The number of carbonyl (C=O) groups is 1. The Balaban J connectivity index is 1.89. The molecule has 1 aliphatic carbocycles. The van der Waals surface area contributed by atoms with E-state index in [1.54, 1.807) is 0 Å². The van der Waals surface area contributed by atoms with E-state index in [2.05, 4.69) is 4.90 Å². The van der Waals surface area contributed by atoms with Gasteiger partial charge in [-0.2, -0.15) is 0 Å². The second kappa shape index (κ2) is 5.60. The third-order valence-corrected chi connectivity index (χ3v) is 4.11. The average molecular weight is 253 g/mol. The zero-order chi connectivity index (χ0) is 13.2. The summed E-state index contributed by atoms with van der Waals surface area (Å²) in [6.45, 7) is 7.36. The minimum Gasteiger partial charge on any atom is -0.459 e. The summed E-state index contributed by atoms with van der Waals surface area (Å²) < 4.78 is 5.44. The fourth-order valence-electron chi connectivity index (χ4n) is 3.46. The van der Waals surface area contributed by atoms with Crippen molar-refractivity contribution in [2.45, 2.75) is 70.9 Å². The lowest BCUT2D eigenvalue weighted by Gasteiger charge is -2.43. The van der Waals surface area contributed by atoms with E-state index in [1.807, 2.05) is 20.8 Å². The lowest BCUT2D eigenvalue weighted by atomic mass is 9.78. The van der Waals surface area contributed by atoms with E-state index < -0.39 is 0 Å². The molecule has 3 nitrogen and oxygen atoms in total. The Morgan fingerprint density at radius 3 is 2.56 bits per heavy atom. The molecule has 1 saturated carbocycles. The molecule has 2 atom stereocenters. The van der Waals surface area contributed by atoms with Crippen molar-refractivity contribution in [3.05, 3.63) is 0 Å². The highest BCUT2D eigenvalue weighted by atomic mass is 16.6. The third kappa shape index (κ3) is 3.71. The molecule has 18 heavy (non-hydrogen) atoms. The molecule has 104 valence electrons. The van der Waals surface area contributed by atoms with E-state index in [9.17, 15) is 4.79 Å². The van der Waals surface area contributed by atoms with E-state index in [4.69, 9.17) is 4.74 Å². The molecule has 0 aromatic rings. The minimum atomic E-state index is -0.362. The van der Waals surface area contributed by atoms with Crippen LogP contribution in [-0.2, 0) is 9.53 Å². The van der Waals surface area contributed by atoms with Crippen molar-refractivity contribution in [2.24, 2.45) is 5.92 Å². The van der Waals surface area contributed by atoms with Crippen LogP contribution in [0.15, 0.2) is 0 Å². The van der Waals surface area contributed by atoms with Crippen LogP contribution in [0.1, 0.15) is 59.3 Å². The van der Waals surface area contributed by atoms with Gasteiger partial charge in [-0.25, -0.2) is 0 Å². The Bertz CT molecular complexity index is 293. The predicted molar refractivity (Wildman–Crippen MR) is 72.4 cm³/mol. The summed E-state index contributed by atoms with van der Waals surface area (Å²) in [5.41, 5.74) is -0.362. The van der Waals surface area contributed by atoms with Crippen molar-refractivity contribution in [3.8, 4) is 0 Å². The predicted octanol–water partition coefficient (Wildman–Crippen LogP) is 2.98. The maximum Gasteiger partial charge on any atom is 0.320 e. The van der Waals surface area contributed by atoms with Gasteiger partial charge >= 0.3 is 5.97 Å². The number of nitrogens with zero attached hydrogens (tertiary/aromatic N) is 1. The molecule has 3 heteroatoms. The summed E-state index contributed by atoms with van der Waals surface area (Å²) in [6, 6.07) is 0.639. The van der Waals surface area contributed by atoms with E-state index >= 15 is 0 Å². The second-order valence-electron chi connectivity index (χ2n) is 6.81. The number of fused-ring (bicyclic) bond motifs is 1. The Morgan fingerprint density at radius 1 is 1.17 bits per heavy atom. The molecule has 2 rings (SSSR count). The van der Waals surface area contributed by atoms with Crippen LogP contribution in [0.5, 0.6) is 0 Å². The normalized spacial score (nSPS) is 29.7. The smallest absolute Gasteiger partial charge is 0.320 e. The van der Waals surface area contributed by atoms with Crippen LogP contribution in [0.3, 0.4) is 0 Å². The quantitative estimate of drug-likeness (QED) is 0.709. The third-order valence-electron chi connectivity index (χ3n) is 4.11. The number of likely N-dealkylation sites (tertiary alicyclic amines) is 1. The number of hydrogen-bond acceptors (Lipinski definition) is 3. The van der Waals surface area contributed by atoms with Crippen molar-refractivity contribution in [3.63, 3.8) is 0 Å². The Hall–Kier alpha value is -0.570. The summed E-state index contributed by atoms with van der Waals surface area (Å²) in [5, 5.41) is 0. The average Bonchev–Trinajstić information content (AvgIpc) is 2.27. The van der Waals surface area contributed by atoms with Gasteiger partial charge in [0.1, 0.15) is 5.60 Å². The topological polar surface area (TPSA) is 29.5 Å². The number of hydrogen-bond donors (Lipinski definition) is 0. The monoisotopic (exact) mass is 253 g/mol. The van der Waals surface area contributed by atoms with Gasteiger partial charge in [0.2, 0.25) is 0 Å². The van der Waals surface area contributed by atoms with Crippen molar-refractivity contribution in [1.82, 2.24) is 4.90 Å². The number of esters is 1. The largest absolute Gasteiger partial charge is 0.459 e. The molecule has 2 unspecified atom stereocenters. The first kappa shape index (κ1) is 13.9. The molecule has 1 aliphatic heterocycles. The molecule has 2 aliphatic rings. The zero-order valence-corrected chi connectivity index (χ0v) is 12.1. The SMILES string of the molecule is CC(C)(C)OC(=O)CN1CCCC2CCCCC21. The van der Waals surface area contributed by atoms with Gasteiger partial charge in [0.05, 0.1) is 6.54 Å². The number of rotatable bonds is 2. The number of carbonyl (C=O) groups excluding carboxylic acids is 1. The molecular formula is C15H27NO2. The summed E-state index contributed by atoms with van der Waals surface area (Å²) in [7, 11) is 0. The van der Waals surface area contributed by atoms with E-state index in [0.29, 0.717) is 12.6 Å². The van der Waals surface area contributed by atoms with Crippen LogP contribution in [-0.4, -0.2) is 35.6 Å². The Kier molecular flexibility index (Phi) is 4.31. The summed E-state index contributed by atoms with van der Waals surface area (Å²) in [6.07, 6.45) is 7.93. The van der Waals surface area contributed by atoms with Crippen LogP contribution in [0, 0.1) is 5.92 Å². The standard InChI is InChI=1S/C15H27NO2/c1-15(2,3)18-14(17)11-16-10-6-8-12-7-4-5-9-13(12)16/h12-13H,4-11H2,1-3H3. The maximum atomic E-state index is 11.9. The lowest BCUT2D eigenvalue weighted by Crippen LogP contribution is -2.49. The molecule has 0 N–H and O–H groups in total. The van der Waals surface area contributed by atoms with E-state index in [0.717, 1.165) is 12.5 Å². The van der Waals surface area contributed by atoms with Crippen LogP contribution in [0.25, 0.3) is 0 Å². The minimum absolute atomic E-state index is 0.0614. The molecule has 2 fully saturated rings. The highest BCUT2D eigenvalue weighted by molar-refractivity contribution is 5.72. The molecule has 0 spiro atoms. The zero-order valence-electron chi connectivity index (χ0n) is 12.1. The van der Waals surface area contributed by atoms with Gasteiger partial charge in [-0.05, 0) is 58.9 Å². The van der Waals surface area contributed by atoms with Gasteiger partial charge in [-0.1, -0.05) is 12.8 Å². The molecule has 0 aromatic carbocycles. The fraction of sp³-hybridized carbons (Fsp3) is 0.933. The van der Waals surface area contributed by atoms with Crippen LogP contribution in [0.2, 0.25) is 0 Å². The van der Waals surface area contributed by atoms with Crippen molar-refractivity contribution >= 4 is 5.97 Å². The van der Waals surface area contributed by atoms with Gasteiger partial charge < -0.3 is 4.74 Å². The maximum absolute atomic E-state index is 11.9. The fourth-order valence-corrected chi connectivity index (χ4v) is 3.46. The molecule has 0 amide bonds. The second-order valence-corrected chi connectivity index (χ2v) is 6.81. The van der Waals surface area contributed by atoms with Gasteiger partial charge in [0.25, 0.3) is 0 Å². The van der Waals surface area contributed by atoms with Gasteiger partial charge in [0, 0.05) is 6.04 Å². The molecule has 0 radical (unpaired) electrons. The first-order valence-corrected chi connectivity index (χ1v) is 7.41. The molecule has 1 saturated heterocycles. The first-order chi connectivity index (χ1) is 8.46. The van der Waals surface area contributed by atoms with Crippen LogP contribution >= 0.6 is 0 Å². The summed E-state index contributed by atoms with van der Waals surface area (Å²) >= 11 is 0. The highest BCUT2D eigenvalue weighted by Gasteiger charge is 2.34. The molecule has 0 aromatic heterocycles. The number of piperidine rings is 1. The van der Waals surface area contributed by atoms with Gasteiger partial charge in [-0.15, -0.1) is 0 Å². The molecular weight excluding hydrogens is 226 g/mol. The Morgan fingerprint density at radius 2 is 1.83 bits per heavy atom. The summed E-state index contributed by atoms with van der Waals surface area (Å²) in [5.74, 6) is 0.767. The van der Waals surface area contributed by atoms with Crippen molar-refractivity contribution < 1.29 is 9.53 Å². The molecule has 1 heterocycles. The van der Waals surface area contributed by atoms with Crippen LogP contribution < -0.4 is 0 Å². The van der Waals surface area contributed by atoms with Crippen LogP contribution in [0.4, 0.5) is 0 Å². The van der Waals surface area contributed by atoms with Gasteiger partial charge in [-0.3, -0.25) is 9.69 Å². The van der Waals surface area contributed by atoms with E-state index in [1.165, 1.54) is 38.5 Å². The van der Waals surface area contributed by atoms with Gasteiger partial charge in [0.15, 0.2) is 0 Å². The van der Waals surface area contributed by atoms with E-state index in [-0.39, 0.29) is 11.6 Å². The Labute approximate surface area is 111 Å². The first-order valence-electron chi connectivity index (χ1n) is 7.41.